The summed E-state index contributed by atoms with van der Waals surface area (Å²) in [6, 6.07) is 0. The van der Waals surface area contributed by atoms with Crippen molar-refractivity contribution in [3.63, 3.8) is 0 Å². The molecule has 0 aromatic heterocycles. The number of ether oxygens (including phenoxy) is 2. The van der Waals surface area contributed by atoms with Crippen molar-refractivity contribution in [3.8, 4) is 0 Å². The quantitative estimate of drug-likeness (QED) is 0.107. The Morgan fingerprint density at radius 2 is 1.59 bits per heavy atom. The monoisotopic (exact) mass is 508 g/mol. The first-order chi connectivity index (χ1) is 14.1. The molecule has 0 bridgehead atoms. The molecular formula is C15H18F8NO7S-. The zero-order valence-electron chi connectivity index (χ0n) is 16.4. The molecule has 0 aromatic carbocycles. The summed E-state index contributed by atoms with van der Waals surface area (Å²) in [5, 5.41) is -4.43. The Balaban J connectivity index is 5.78. The minimum atomic E-state index is -6.84. The lowest BCUT2D eigenvalue weighted by Crippen LogP contribution is -2.62. The van der Waals surface area contributed by atoms with E-state index in [-0.39, 0.29) is 0 Å². The molecule has 1 amide bonds. The van der Waals surface area contributed by atoms with Crippen molar-refractivity contribution in [3.05, 3.63) is 12.4 Å². The Labute approximate surface area is 176 Å². The van der Waals surface area contributed by atoms with Crippen molar-refractivity contribution in [1.29, 1.82) is 0 Å². The van der Waals surface area contributed by atoms with Crippen molar-refractivity contribution in [2.75, 3.05) is 13.2 Å². The standard InChI is InChI=1S/C15H19F8NO7S/c1-8(2)7-24-11(26)13(14(19,20)21,31-10(25)9(3)16)30-6-4-5-12(17,18)15(22,23)32(27,28)29/h8H,3-7H2,1-2H3,(H,24,26)(H,27,28,29)/p-1. The highest BCUT2D eigenvalue weighted by molar-refractivity contribution is 7.86. The summed E-state index contributed by atoms with van der Waals surface area (Å²) in [4.78, 5) is 23.4. The molecule has 1 atom stereocenters. The number of halogens is 8. The highest BCUT2D eigenvalue weighted by Gasteiger charge is 2.67. The fourth-order valence-electron chi connectivity index (χ4n) is 1.85. The van der Waals surface area contributed by atoms with Gasteiger partial charge >= 0.3 is 35.0 Å². The summed E-state index contributed by atoms with van der Waals surface area (Å²) in [5.41, 5.74) is 0. The number of hydrogen-bond donors (Lipinski definition) is 1. The van der Waals surface area contributed by atoms with Gasteiger partial charge in [-0.2, -0.15) is 35.1 Å². The molecule has 0 saturated heterocycles. The van der Waals surface area contributed by atoms with Gasteiger partial charge < -0.3 is 19.3 Å². The second kappa shape index (κ2) is 10.3. The van der Waals surface area contributed by atoms with Gasteiger partial charge in [0.1, 0.15) is 0 Å². The summed E-state index contributed by atoms with van der Waals surface area (Å²) < 4.78 is 145. The molecule has 0 aliphatic rings. The van der Waals surface area contributed by atoms with Gasteiger partial charge in [-0.3, -0.25) is 4.79 Å². The number of carbonyl (C=O) groups is 2. The molecule has 32 heavy (non-hydrogen) atoms. The van der Waals surface area contributed by atoms with E-state index in [0.29, 0.717) is 0 Å². The number of nitrogens with one attached hydrogen (secondary N) is 1. The maximum absolute atomic E-state index is 13.6. The van der Waals surface area contributed by atoms with Crippen LogP contribution in [0.2, 0.25) is 0 Å². The van der Waals surface area contributed by atoms with Crippen LogP contribution in [-0.4, -0.2) is 61.1 Å². The van der Waals surface area contributed by atoms with Crippen molar-refractivity contribution in [2.24, 2.45) is 5.92 Å². The first-order valence-electron chi connectivity index (χ1n) is 8.40. The molecule has 0 radical (unpaired) electrons. The molecule has 0 aliphatic heterocycles. The number of amides is 1. The maximum atomic E-state index is 13.6. The third kappa shape index (κ3) is 6.99. The minimum Gasteiger partial charge on any atom is -0.743 e. The van der Waals surface area contributed by atoms with Crippen LogP contribution in [0.4, 0.5) is 35.1 Å². The van der Waals surface area contributed by atoms with Crippen molar-refractivity contribution in [1.82, 2.24) is 5.32 Å². The maximum Gasteiger partial charge on any atom is 0.466 e. The van der Waals surface area contributed by atoms with Crippen molar-refractivity contribution < 1.29 is 67.2 Å². The molecule has 0 spiro atoms. The number of esters is 1. The highest BCUT2D eigenvalue weighted by atomic mass is 32.2. The second-order valence-electron chi connectivity index (χ2n) is 6.64. The van der Waals surface area contributed by atoms with Gasteiger partial charge in [0.2, 0.25) is 5.83 Å². The van der Waals surface area contributed by atoms with Crippen LogP contribution in [0.1, 0.15) is 26.7 Å². The molecule has 1 N–H and O–H groups in total. The van der Waals surface area contributed by atoms with Crippen LogP contribution in [-0.2, 0) is 29.2 Å². The normalized spacial score (nSPS) is 15.2. The topological polar surface area (TPSA) is 122 Å². The summed E-state index contributed by atoms with van der Waals surface area (Å²) in [7, 11) is -6.84. The van der Waals surface area contributed by atoms with E-state index in [1.54, 1.807) is 5.32 Å². The Hall–Kier alpha value is -2.01. The molecule has 0 heterocycles. The van der Waals surface area contributed by atoms with E-state index >= 15 is 0 Å². The van der Waals surface area contributed by atoms with Gasteiger partial charge in [0.15, 0.2) is 10.1 Å². The lowest BCUT2D eigenvalue weighted by molar-refractivity contribution is -0.347. The molecule has 0 aromatic rings. The van der Waals surface area contributed by atoms with E-state index in [1.807, 2.05) is 0 Å². The summed E-state index contributed by atoms with van der Waals surface area (Å²) in [6.07, 6.45) is -9.60. The predicted octanol–water partition coefficient (Wildman–Crippen LogP) is 2.61. The smallest absolute Gasteiger partial charge is 0.466 e. The Morgan fingerprint density at radius 1 is 1.09 bits per heavy atom. The molecular weight excluding hydrogens is 490 g/mol. The Bertz CT molecular complexity index is 813. The molecule has 17 heteroatoms. The van der Waals surface area contributed by atoms with Crippen LogP contribution in [0.5, 0.6) is 0 Å². The SMILES string of the molecule is C=C(F)C(=O)OC(OCCCC(F)(F)C(F)(F)S(=O)(=O)[O-])(C(=O)NCC(C)C)C(F)(F)F. The first kappa shape index (κ1) is 30.0. The lowest BCUT2D eigenvalue weighted by Gasteiger charge is -2.33. The van der Waals surface area contributed by atoms with Gasteiger partial charge in [0.05, 0.1) is 6.61 Å². The second-order valence-corrected chi connectivity index (χ2v) is 8.06. The van der Waals surface area contributed by atoms with Gasteiger partial charge in [-0.1, -0.05) is 20.4 Å². The zero-order valence-corrected chi connectivity index (χ0v) is 17.2. The molecule has 188 valence electrons. The number of alkyl halides is 7. The summed E-state index contributed by atoms with van der Waals surface area (Å²) in [6.45, 7) is 3.16. The molecule has 0 rings (SSSR count). The minimum absolute atomic E-state index is 0.445. The number of hydrogen-bond acceptors (Lipinski definition) is 7. The van der Waals surface area contributed by atoms with Gasteiger partial charge in [0, 0.05) is 13.0 Å². The molecule has 0 fully saturated rings. The first-order valence-corrected chi connectivity index (χ1v) is 9.81. The molecule has 1 unspecified atom stereocenters. The fourth-order valence-corrected chi connectivity index (χ4v) is 2.32. The van der Waals surface area contributed by atoms with Crippen molar-refractivity contribution >= 4 is 22.0 Å². The van der Waals surface area contributed by atoms with E-state index < -0.39 is 82.9 Å². The van der Waals surface area contributed by atoms with E-state index in [2.05, 4.69) is 16.1 Å². The molecule has 0 saturated carbocycles. The average molecular weight is 508 g/mol. The highest BCUT2D eigenvalue weighted by Crippen LogP contribution is 2.42. The fraction of sp³-hybridized carbons (Fsp3) is 0.733. The Morgan fingerprint density at radius 3 is 1.97 bits per heavy atom. The number of rotatable bonds is 12. The number of carbonyl (C=O) groups excluding carboxylic acids is 2. The van der Waals surface area contributed by atoms with Crippen LogP contribution in [0.15, 0.2) is 12.4 Å². The molecule has 0 aliphatic carbocycles. The average Bonchev–Trinajstić information content (AvgIpc) is 2.59. The predicted molar refractivity (Wildman–Crippen MR) is 87.8 cm³/mol. The van der Waals surface area contributed by atoms with Crippen LogP contribution in [0.3, 0.4) is 0 Å². The van der Waals surface area contributed by atoms with E-state index in [0.717, 1.165) is 0 Å². The summed E-state index contributed by atoms with van der Waals surface area (Å²) >= 11 is 0. The van der Waals surface area contributed by atoms with E-state index in [9.17, 15) is 57.7 Å². The van der Waals surface area contributed by atoms with E-state index in [4.69, 9.17) is 0 Å². The van der Waals surface area contributed by atoms with Crippen LogP contribution >= 0.6 is 0 Å². The van der Waals surface area contributed by atoms with Gasteiger partial charge in [0.25, 0.3) is 0 Å². The van der Waals surface area contributed by atoms with Gasteiger partial charge in [-0.25, -0.2) is 13.2 Å². The van der Waals surface area contributed by atoms with Gasteiger partial charge in [-0.15, -0.1) is 0 Å². The van der Waals surface area contributed by atoms with Crippen molar-refractivity contribution in [2.45, 2.75) is 49.8 Å². The van der Waals surface area contributed by atoms with Crippen LogP contribution < -0.4 is 5.32 Å². The Kier molecular flexibility index (Phi) is 9.64. The van der Waals surface area contributed by atoms with Crippen LogP contribution in [0, 0.1) is 5.92 Å². The van der Waals surface area contributed by atoms with Crippen LogP contribution in [0.25, 0.3) is 0 Å². The molecule has 8 nitrogen and oxygen atoms in total. The zero-order chi connectivity index (χ0) is 25.8. The van der Waals surface area contributed by atoms with E-state index in [1.165, 1.54) is 13.8 Å². The largest absolute Gasteiger partial charge is 0.743 e. The third-order valence-corrected chi connectivity index (χ3v) is 4.41. The third-order valence-electron chi connectivity index (χ3n) is 3.48. The van der Waals surface area contributed by atoms with Gasteiger partial charge in [-0.05, 0) is 12.3 Å². The lowest BCUT2D eigenvalue weighted by atomic mass is 10.1. The summed E-state index contributed by atoms with van der Waals surface area (Å²) in [5.74, 6) is -17.3.